The zero-order chi connectivity index (χ0) is 12.6. The predicted octanol–water partition coefficient (Wildman–Crippen LogP) is 4.71. The smallest absolute Gasteiger partial charge is 0.128 e. The van der Waals surface area contributed by atoms with Crippen LogP contribution in [0.3, 0.4) is 0 Å². The molecule has 0 amide bonds. The van der Waals surface area contributed by atoms with Crippen LogP contribution in [0.4, 0.5) is 0 Å². The Bertz CT molecular complexity index is 414. The van der Waals surface area contributed by atoms with E-state index in [9.17, 15) is 0 Å². The van der Waals surface area contributed by atoms with E-state index < -0.39 is 0 Å². The molecule has 0 aliphatic carbocycles. The number of rotatable bonds is 1. The van der Waals surface area contributed by atoms with Crippen LogP contribution < -0.4 is 0 Å². The van der Waals surface area contributed by atoms with E-state index in [1.165, 1.54) is 0 Å². The van der Waals surface area contributed by atoms with Gasteiger partial charge in [-0.3, -0.25) is 4.99 Å². The van der Waals surface area contributed by atoms with Crippen molar-refractivity contribution in [3.05, 3.63) is 48.5 Å². The van der Waals surface area contributed by atoms with E-state index in [1.807, 2.05) is 12.1 Å². The maximum atomic E-state index is 5.47. The van der Waals surface area contributed by atoms with Crippen molar-refractivity contribution in [3.8, 4) is 0 Å². The summed E-state index contributed by atoms with van der Waals surface area (Å²) < 4.78 is 5.47. The minimum absolute atomic E-state index is 0.127. The first-order valence-corrected chi connectivity index (χ1v) is 6.73. The van der Waals surface area contributed by atoms with Crippen molar-refractivity contribution in [2.45, 2.75) is 38.6 Å². The largest absolute Gasteiger partial charge is 0.467 e. The molecule has 0 saturated carbocycles. The number of furan rings is 1. The molecule has 2 rings (SSSR count). The third-order valence-corrected chi connectivity index (χ3v) is 3.09. The lowest BCUT2D eigenvalue weighted by Gasteiger charge is -2.09. The van der Waals surface area contributed by atoms with Gasteiger partial charge in [0.05, 0.1) is 6.26 Å². The highest BCUT2D eigenvalue weighted by molar-refractivity contribution is 5.60. The van der Waals surface area contributed by atoms with E-state index in [-0.39, 0.29) is 6.04 Å². The van der Waals surface area contributed by atoms with Crippen molar-refractivity contribution >= 4 is 6.21 Å². The molecule has 2 atom stereocenters. The fourth-order valence-corrected chi connectivity index (χ4v) is 2.01. The first-order valence-electron chi connectivity index (χ1n) is 6.73. The second-order valence-electron chi connectivity index (χ2n) is 4.80. The number of nitrogens with zero attached hydrogens (tertiary/aromatic N) is 1. The summed E-state index contributed by atoms with van der Waals surface area (Å²) in [5.74, 6) is 1.44. The Morgan fingerprint density at radius 3 is 2.61 bits per heavy atom. The van der Waals surface area contributed by atoms with Crippen LogP contribution >= 0.6 is 0 Å². The monoisotopic (exact) mass is 243 g/mol. The van der Waals surface area contributed by atoms with Gasteiger partial charge in [-0.25, -0.2) is 0 Å². The average Bonchev–Trinajstić information content (AvgIpc) is 2.87. The molecule has 2 heteroatoms. The van der Waals surface area contributed by atoms with Crippen LogP contribution in [-0.2, 0) is 0 Å². The number of hydrogen-bond acceptors (Lipinski definition) is 2. The normalized spacial score (nSPS) is 25.6. The van der Waals surface area contributed by atoms with Gasteiger partial charge in [0.25, 0.3) is 0 Å². The van der Waals surface area contributed by atoms with Crippen molar-refractivity contribution in [2.24, 2.45) is 10.9 Å². The first-order chi connectivity index (χ1) is 8.86. The lowest BCUT2D eigenvalue weighted by atomic mass is 10.1. The second-order valence-corrected chi connectivity index (χ2v) is 4.80. The Hall–Kier alpha value is -1.57. The summed E-state index contributed by atoms with van der Waals surface area (Å²) >= 11 is 0. The summed E-state index contributed by atoms with van der Waals surface area (Å²) in [6, 6.07) is 4.06. The highest BCUT2D eigenvalue weighted by Gasteiger charge is 2.10. The first kappa shape index (κ1) is 12.9. The van der Waals surface area contributed by atoms with Crippen LogP contribution in [0.15, 0.2) is 52.1 Å². The van der Waals surface area contributed by atoms with E-state index >= 15 is 0 Å². The predicted molar refractivity (Wildman–Crippen MR) is 75.9 cm³/mol. The average molecular weight is 243 g/mol. The molecule has 18 heavy (non-hydrogen) atoms. The van der Waals surface area contributed by atoms with Gasteiger partial charge in [-0.2, -0.15) is 0 Å². The fraction of sp³-hybridized carbons (Fsp3) is 0.438. The standard InChI is InChI=1S/C16H21NO/c1-14-9-6-4-2-3-5-7-10-15(17-13-14)16-11-8-12-18-16/h4-8,11-15H,2-3,9-10H2,1H3. The molecule has 0 N–H and O–H groups in total. The van der Waals surface area contributed by atoms with Gasteiger partial charge in [0.15, 0.2) is 0 Å². The van der Waals surface area contributed by atoms with E-state index in [0.717, 1.165) is 31.4 Å². The van der Waals surface area contributed by atoms with Crippen molar-refractivity contribution in [2.75, 3.05) is 0 Å². The third kappa shape index (κ3) is 4.02. The summed E-state index contributed by atoms with van der Waals surface area (Å²) in [5.41, 5.74) is 0. The maximum Gasteiger partial charge on any atom is 0.128 e. The molecule has 1 aliphatic heterocycles. The van der Waals surface area contributed by atoms with Crippen LogP contribution in [-0.4, -0.2) is 6.21 Å². The number of hydrogen-bond donors (Lipinski definition) is 0. The summed E-state index contributed by atoms with van der Waals surface area (Å²) in [5, 5.41) is 0. The van der Waals surface area contributed by atoms with Crippen molar-refractivity contribution in [3.63, 3.8) is 0 Å². The zero-order valence-corrected chi connectivity index (χ0v) is 11.0. The summed E-state index contributed by atoms with van der Waals surface area (Å²) in [4.78, 5) is 4.68. The summed E-state index contributed by atoms with van der Waals surface area (Å²) in [6.45, 7) is 2.20. The topological polar surface area (TPSA) is 25.5 Å². The van der Waals surface area contributed by atoms with Crippen LogP contribution in [0.5, 0.6) is 0 Å². The molecule has 0 fully saturated rings. The van der Waals surface area contributed by atoms with Gasteiger partial charge in [-0.05, 0) is 43.7 Å². The molecule has 1 aromatic heterocycles. The minimum Gasteiger partial charge on any atom is -0.467 e. The Labute approximate surface area is 109 Å². The molecule has 2 heterocycles. The van der Waals surface area contributed by atoms with Crippen LogP contribution in [0.1, 0.15) is 44.4 Å². The third-order valence-electron chi connectivity index (χ3n) is 3.09. The second kappa shape index (κ2) is 7.00. The molecule has 2 nitrogen and oxygen atoms in total. The highest BCUT2D eigenvalue weighted by atomic mass is 16.3. The van der Waals surface area contributed by atoms with Crippen LogP contribution in [0, 0.1) is 5.92 Å². The Balaban J connectivity index is 2.11. The molecule has 0 saturated heterocycles. The molecule has 96 valence electrons. The number of allylic oxidation sites excluding steroid dienone is 3. The zero-order valence-electron chi connectivity index (χ0n) is 11.0. The Kier molecular flexibility index (Phi) is 5.00. The molecule has 1 aliphatic rings. The van der Waals surface area contributed by atoms with Gasteiger partial charge >= 0.3 is 0 Å². The van der Waals surface area contributed by atoms with Gasteiger partial charge < -0.3 is 4.42 Å². The Morgan fingerprint density at radius 2 is 1.89 bits per heavy atom. The van der Waals surface area contributed by atoms with Crippen molar-refractivity contribution in [1.29, 1.82) is 0 Å². The minimum atomic E-state index is 0.127. The fourth-order valence-electron chi connectivity index (χ4n) is 2.01. The molecular weight excluding hydrogens is 222 g/mol. The van der Waals surface area contributed by atoms with Crippen molar-refractivity contribution < 1.29 is 4.42 Å². The van der Waals surface area contributed by atoms with Gasteiger partial charge in [0, 0.05) is 6.21 Å². The highest BCUT2D eigenvalue weighted by Crippen LogP contribution is 2.23. The van der Waals surface area contributed by atoms with E-state index in [0.29, 0.717) is 5.92 Å². The van der Waals surface area contributed by atoms with E-state index in [1.54, 1.807) is 6.26 Å². The molecule has 0 bridgehead atoms. The lowest BCUT2D eigenvalue weighted by Crippen LogP contribution is -1.99. The lowest BCUT2D eigenvalue weighted by molar-refractivity contribution is 0.468. The van der Waals surface area contributed by atoms with Crippen LogP contribution in [0.25, 0.3) is 0 Å². The van der Waals surface area contributed by atoms with Crippen LogP contribution in [0.2, 0.25) is 0 Å². The maximum absolute atomic E-state index is 5.47. The summed E-state index contributed by atoms with van der Waals surface area (Å²) in [6.07, 6.45) is 17.0. The van der Waals surface area contributed by atoms with Gasteiger partial charge in [0.1, 0.15) is 11.8 Å². The van der Waals surface area contributed by atoms with Crippen molar-refractivity contribution in [1.82, 2.24) is 0 Å². The van der Waals surface area contributed by atoms with Gasteiger partial charge in [0.2, 0.25) is 0 Å². The Morgan fingerprint density at radius 1 is 1.11 bits per heavy atom. The quantitative estimate of drug-likeness (QED) is 0.655. The molecule has 2 unspecified atom stereocenters. The summed E-state index contributed by atoms with van der Waals surface area (Å²) in [7, 11) is 0. The molecule has 1 aromatic rings. The SMILES string of the molecule is CC1C=NC(c2ccco2)CC=CCCC=CC1. The van der Waals surface area contributed by atoms with E-state index in [2.05, 4.69) is 42.4 Å². The molecule has 0 radical (unpaired) electrons. The number of aliphatic imine (C=N–C) groups is 1. The van der Waals surface area contributed by atoms with E-state index in [4.69, 9.17) is 4.42 Å². The molecule has 0 aromatic carbocycles. The van der Waals surface area contributed by atoms with Gasteiger partial charge in [-0.15, -0.1) is 0 Å². The van der Waals surface area contributed by atoms with Gasteiger partial charge in [-0.1, -0.05) is 31.2 Å². The molecular formula is C16H21NO. The molecule has 0 spiro atoms.